The minimum Gasteiger partial charge on any atom is -0.348 e. The molecule has 0 aromatic heterocycles. The van der Waals surface area contributed by atoms with Gasteiger partial charge < -0.3 is 5.32 Å². The lowest BCUT2D eigenvalue weighted by Gasteiger charge is -2.27. The molecular formula is C14H17ClFNO. The Hall–Kier alpha value is -1.09. The number of rotatable bonds is 2. The van der Waals surface area contributed by atoms with Crippen molar-refractivity contribution < 1.29 is 9.18 Å². The molecule has 2 unspecified atom stereocenters. The Morgan fingerprint density at radius 1 is 1.39 bits per heavy atom. The van der Waals surface area contributed by atoms with E-state index in [1.807, 2.05) is 0 Å². The molecule has 0 radical (unpaired) electrons. The second-order valence-corrected chi connectivity index (χ2v) is 5.40. The highest BCUT2D eigenvalue weighted by molar-refractivity contribution is 6.21. The normalized spacial score (nSPS) is 23.7. The van der Waals surface area contributed by atoms with Gasteiger partial charge in [-0.05, 0) is 37.5 Å². The minimum atomic E-state index is -0.353. The van der Waals surface area contributed by atoms with E-state index >= 15 is 0 Å². The maximum absolute atomic E-state index is 13.4. The van der Waals surface area contributed by atoms with E-state index in [1.165, 1.54) is 6.07 Å². The van der Waals surface area contributed by atoms with Gasteiger partial charge in [0.25, 0.3) is 5.91 Å². The van der Waals surface area contributed by atoms with E-state index in [0.717, 1.165) is 25.7 Å². The van der Waals surface area contributed by atoms with Crippen LogP contribution in [0.1, 0.15) is 41.6 Å². The second-order valence-electron chi connectivity index (χ2n) is 4.84. The van der Waals surface area contributed by atoms with E-state index in [1.54, 1.807) is 19.1 Å². The lowest BCUT2D eigenvalue weighted by Crippen LogP contribution is -2.42. The number of benzene rings is 1. The van der Waals surface area contributed by atoms with E-state index in [9.17, 15) is 9.18 Å². The molecule has 1 N–H and O–H groups in total. The van der Waals surface area contributed by atoms with Gasteiger partial charge in [-0.25, -0.2) is 4.39 Å². The van der Waals surface area contributed by atoms with Crippen molar-refractivity contribution in [3.63, 3.8) is 0 Å². The molecular weight excluding hydrogens is 253 g/mol. The molecule has 4 heteroatoms. The maximum Gasteiger partial charge on any atom is 0.251 e. The van der Waals surface area contributed by atoms with Gasteiger partial charge in [-0.2, -0.15) is 0 Å². The summed E-state index contributed by atoms with van der Waals surface area (Å²) in [6.45, 7) is 1.67. The van der Waals surface area contributed by atoms with Gasteiger partial charge in [0.05, 0.1) is 5.38 Å². The zero-order valence-electron chi connectivity index (χ0n) is 10.4. The quantitative estimate of drug-likeness (QED) is 0.819. The van der Waals surface area contributed by atoms with Crippen molar-refractivity contribution in [2.24, 2.45) is 0 Å². The van der Waals surface area contributed by atoms with Gasteiger partial charge in [0, 0.05) is 11.6 Å². The molecule has 0 bridgehead atoms. The van der Waals surface area contributed by atoms with Crippen molar-refractivity contribution in [2.45, 2.75) is 44.0 Å². The molecule has 98 valence electrons. The summed E-state index contributed by atoms with van der Waals surface area (Å²) < 4.78 is 13.4. The van der Waals surface area contributed by atoms with Gasteiger partial charge in [0.1, 0.15) is 5.82 Å². The third-order valence-electron chi connectivity index (χ3n) is 3.43. The molecule has 2 nitrogen and oxygen atoms in total. The summed E-state index contributed by atoms with van der Waals surface area (Å²) in [6.07, 6.45) is 4.01. The Morgan fingerprint density at radius 3 is 2.78 bits per heavy atom. The Morgan fingerprint density at radius 2 is 2.11 bits per heavy atom. The van der Waals surface area contributed by atoms with Crippen LogP contribution < -0.4 is 5.32 Å². The standard InChI is InChI=1S/C14H17ClFNO/c1-9-6-7-10(8-12(9)16)14(18)17-13-5-3-2-4-11(13)15/h6-8,11,13H,2-5H2,1H3,(H,17,18). The van der Waals surface area contributed by atoms with Gasteiger partial charge in [-0.3, -0.25) is 4.79 Å². The minimum absolute atomic E-state index is 0.00252. The van der Waals surface area contributed by atoms with Crippen LogP contribution in [0.3, 0.4) is 0 Å². The summed E-state index contributed by atoms with van der Waals surface area (Å²) in [7, 11) is 0. The first-order valence-electron chi connectivity index (χ1n) is 6.29. The van der Waals surface area contributed by atoms with Gasteiger partial charge >= 0.3 is 0 Å². The maximum atomic E-state index is 13.4. The van der Waals surface area contributed by atoms with Crippen LogP contribution >= 0.6 is 11.6 Å². The highest BCUT2D eigenvalue weighted by Gasteiger charge is 2.25. The van der Waals surface area contributed by atoms with Crippen molar-refractivity contribution in [1.82, 2.24) is 5.32 Å². The van der Waals surface area contributed by atoms with E-state index in [0.29, 0.717) is 11.1 Å². The average Bonchev–Trinajstić information content (AvgIpc) is 2.35. The van der Waals surface area contributed by atoms with Crippen molar-refractivity contribution in [3.05, 3.63) is 35.1 Å². The van der Waals surface area contributed by atoms with Crippen LogP contribution in [0, 0.1) is 12.7 Å². The molecule has 0 heterocycles. The first-order valence-corrected chi connectivity index (χ1v) is 6.72. The summed E-state index contributed by atoms with van der Waals surface area (Å²) in [5.41, 5.74) is 0.895. The second kappa shape index (κ2) is 5.70. The van der Waals surface area contributed by atoms with Crippen LogP contribution in [0.4, 0.5) is 4.39 Å². The van der Waals surface area contributed by atoms with Crippen LogP contribution in [0.2, 0.25) is 0 Å². The summed E-state index contributed by atoms with van der Waals surface area (Å²) in [6, 6.07) is 4.53. The average molecular weight is 270 g/mol. The number of carbonyl (C=O) groups is 1. The highest BCUT2D eigenvalue weighted by atomic mass is 35.5. The van der Waals surface area contributed by atoms with Gasteiger partial charge in [-0.1, -0.05) is 18.9 Å². The number of aryl methyl sites for hydroxylation is 1. The summed E-state index contributed by atoms with van der Waals surface area (Å²) >= 11 is 6.18. The van der Waals surface area contributed by atoms with Crippen molar-refractivity contribution in [1.29, 1.82) is 0 Å². The molecule has 18 heavy (non-hydrogen) atoms. The smallest absolute Gasteiger partial charge is 0.251 e. The highest BCUT2D eigenvalue weighted by Crippen LogP contribution is 2.23. The van der Waals surface area contributed by atoms with Crippen molar-refractivity contribution in [3.8, 4) is 0 Å². The number of hydrogen-bond acceptors (Lipinski definition) is 1. The molecule has 1 aromatic carbocycles. The Balaban J connectivity index is 2.04. The molecule has 1 aliphatic rings. The van der Waals surface area contributed by atoms with Gasteiger partial charge in [-0.15, -0.1) is 11.6 Å². The first-order chi connectivity index (χ1) is 8.58. The Bertz CT molecular complexity index is 449. The predicted molar refractivity (Wildman–Crippen MR) is 70.5 cm³/mol. The lowest BCUT2D eigenvalue weighted by atomic mass is 9.94. The fourth-order valence-electron chi connectivity index (χ4n) is 2.23. The molecule has 0 saturated heterocycles. The largest absolute Gasteiger partial charge is 0.348 e. The molecule has 2 atom stereocenters. The molecule has 1 saturated carbocycles. The SMILES string of the molecule is Cc1ccc(C(=O)NC2CCCCC2Cl)cc1F. The molecule has 1 amide bonds. The Kier molecular flexibility index (Phi) is 4.23. The van der Waals surface area contributed by atoms with Crippen LogP contribution in [-0.2, 0) is 0 Å². The fourth-order valence-corrected chi connectivity index (χ4v) is 2.58. The summed E-state index contributed by atoms with van der Waals surface area (Å²) in [5.74, 6) is -0.597. The summed E-state index contributed by atoms with van der Waals surface area (Å²) in [5, 5.41) is 2.88. The number of nitrogens with one attached hydrogen (secondary N) is 1. The molecule has 1 fully saturated rings. The third kappa shape index (κ3) is 3.02. The fraction of sp³-hybridized carbons (Fsp3) is 0.500. The van der Waals surface area contributed by atoms with Crippen LogP contribution in [0.15, 0.2) is 18.2 Å². The van der Waals surface area contributed by atoms with Gasteiger partial charge in [0.15, 0.2) is 0 Å². The third-order valence-corrected chi connectivity index (χ3v) is 3.95. The number of carbonyl (C=O) groups excluding carboxylic acids is 1. The van der Waals surface area contributed by atoms with Crippen LogP contribution in [0.25, 0.3) is 0 Å². The number of hydrogen-bond donors (Lipinski definition) is 1. The first kappa shape index (κ1) is 13.3. The zero-order chi connectivity index (χ0) is 13.1. The van der Waals surface area contributed by atoms with E-state index in [2.05, 4.69) is 5.32 Å². The van der Waals surface area contributed by atoms with E-state index in [4.69, 9.17) is 11.6 Å². The molecule has 0 aliphatic heterocycles. The van der Waals surface area contributed by atoms with Gasteiger partial charge in [0.2, 0.25) is 0 Å². The van der Waals surface area contributed by atoms with Crippen molar-refractivity contribution >= 4 is 17.5 Å². The zero-order valence-corrected chi connectivity index (χ0v) is 11.1. The molecule has 0 spiro atoms. The predicted octanol–water partition coefficient (Wildman–Crippen LogP) is 3.41. The lowest BCUT2D eigenvalue weighted by molar-refractivity contribution is 0.0928. The molecule has 1 aliphatic carbocycles. The Labute approximate surface area is 112 Å². The van der Waals surface area contributed by atoms with Crippen molar-refractivity contribution in [2.75, 3.05) is 0 Å². The number of amides is 1. The van der Waals surface area contributed by atoms with Crippen LogP contribution in [-0.4, -0.2) is 17.3 Å². The molecule has 2 rings (SSSR count). The van der Waals surface area contributed by atoms with Crippen LogP contribution in [0.5, 0.6) is 0 Å². The monoisotopic (exact) mass is 269 g/mol. The van der Waals surface area contributed by atoms with E-state index < -0.39 is 0 Å². The summed E-state index contributed by atoms with van der Waals surface area (Å²) in [4.78, 5) is 12.0. The topological polar surface area (TPSA) is 29.1 Å². The van der Waals surface area contributed by atoms with E-state index in [-0.39, 0.29) is 23.1 Å². The molecule has 1 aromatic rings. The number of halogens is 2. The number of alkyl halides is 1.